The molecule has 1 aliphatic heterocycles. The molecule has 1 atom stereocenters. The molecule has 0 saturated heterocycles. The van der Waals surface area contributed by atoms with E-state index in [1.165, 1.54) is 11.0 Å². The molecule has 1 aliphatic carbocycles. The molecule has 1 heterocycles. The lowest BCUT2D eigenvalue weighted by Gasteiger charge is -2.28. The Hall–Kier alpha value is -2.23. The summed E-state index contributed by atoms with van der Waals surface area (Å²) in [4.78, 5) is 38.0. The fourth-order valence-electron chi connectivity index (χ4n) is 2.98. The van der Waals surface area contributed by atoms with E-state index in [-0.39, 0.29) is 23.5 Å². The molecule has 0 saturated carbocycles. The van der Waals surface area contributed by atoms with E-state index >= 15 is 0 Å². The normalized spacial score (nSPS) is 21.9. The number of fused-ring (bicyclic) bond motifs is 1. The first-order chi connectivity index (χ1) is 9.99. The van der Waals surface area contributed by atoms with Gasteiger partial charge in [0, 0.05) is 18.2 Å². The second-order valence-electron chi connectivity index (χ2n) is 6.01. The van der Waals surface area contributed by atoms with Crippen molar-refractivity contribution in [1.29, 1.82) is 0 Å². The van der Waals surface area contributed by atoms with E-state index in [1.807, 2.05) is 0 Å². The van der Waals surface area contributed by atoms with Gasteiger partial charge in [0.05, 0.1) is 11.1 Å². The maximum absolute atomic E-state index is 12.4. The lowest BCUT2D eigenvalue weighted by Crippen LogP contribution is -2.33. The molecule has 2 aliphatic rings. The minimum absolute atomic E-state index is 0.00786. The third-order valence-corrected chi connectivity index (χ3v) is 4.29. The standard InChI is InChI=1S/C17H17NO3/c1-10(2)11-7-12(9-13(19)8-11)18-16(20)14-5-3-4-6-15(14)17(18)21/h3-6,9-11H,7-8H2,1-2H3/t11-/m1/s1. The van der Waals surface area contributed by atoms with Crippen LogP contribution in [0, 0.1) is 11.8 Å². The molecule has 4 nitrogen and oxygen atoms in total. The van der Waals surface area contributed by atoms with Gasteiger partial charge < -0.3 is 0 Å². The number of hydrogen-bond acceptors (Lipinski definition) is 3. The van der Waals surface area contributed by atoms with Gasteiger partial charge in [0.2, 0.25) is 0 Å². The van der Waals surface area contributed by atoms with Crippen LogP contribution >= 0.6 is 0 Å². The van der Waals surface area contributed by atoms with Crippen LogP contribution in [0.5, 0.6) is 0 Å². The number of imide groups is 1. The van der Waals surface area contributed by atoms with Crippen LogP contribution in [-0.4, -0.2) is 22.5 Å². The number of carbonyl (C=O) groups is 3. The third kappa shape index (κ3) is 2.20. The highest BCUT2D eigenvalue weighted by molar-refractivity contribution is 6.22. The lowest BCUT2D eigenvalue weighted by molar-refractivity contribution is -0.116. The predicted molar refractivity (Wildman–Crippen MR) is 77.6 cm³/mol. The van der Waals surface area contributed by atoms with Crippen LogP contribution in [0.15, 0.2) is 36.0 Å². The summed E-state index contributed by atoms with van der Waals surface area (Å²) in [6, 6.07) is 6.79. The molecule has 0 bridgehead atoms. The number of carbonyl (C=O) groups excluding carboxylic acids is 3. The highest BCUT2D eigenvalue weighted by Crippen LogP contribution is 2.34. The van der Waals surface area contributed by atoms with Crippen molar-refractivity contribution in [3.05, 3.63) is 47.2 Å². The van der Waals surface area contributed by atoms with Crippen LogP contribution in [0.3, 0.4) is 0 Å². The summed E-state index contributed by atoms with van der Waals surface area (Å²) in [5.41, 5.74) is 1.38. The van der Waals surface area contributed by atoms with E-state index in [0.29, 0.717) is 35.6 Å². The minimum atomic E-state index is -0.320. The predicted octanol–water partition coefficient (Wildman–Crippen LogP) is 2.80. The van der Waals surface area contributed by atoms with Gasteiger partial charge in [-0.1, -0.05) is 26.0 Å². The number of benzene rings is 1. The molecule has 1 aromatic rings. The Morgan fingerprint density at radius 3 is 2.10 bits per heavy atom. The second kappa shape index (κ2) is 4.95. The third-order valence-electron chi connectivity index (χ3n) is 4.29. The van der Waals surface area contributed by atoms with Crippen molar-refractivity contribution in [1.82, 2.24) is 4.90 Å². The van der Waals surface area contributed by atoms with Crippen LogP contribution in [0.25, 0.3) is 0 Å². The van der Waals surface area contributed by atoms with E-state index < -0.39 is 0 Å². The first kappa shape index (κ1) is 13.7. The van der Waals surface area contributed by atoms with Gasteiger partial charge in [0.25, 0.3) is 11.8 Å². The Bertz CT molecular complexity index is 637. The molecule has 0 N–H and O–H groups in total. The molecule has 21 heavy (non-hydrogen) atoms. The average molecular weight is 283 g/mol. The Morgan fingerprint density at radius 1 is 1.00 bits per heavy atom. The topological polar surface area (TPSA) is 54.5 Å². The summed E-state index contributed by atoms with van der Waals surface area (Å²) in [7, 11) is 0. The Balaban J connectivity index is 1.97. The quantitative estimate of drug-likeness (QED) is 0.784. The van der Waals surface area contributed by atoms with Crippen molar-refractivity contribution in [2.45, 2.75) is 26.7 Å². The summed E-state index contributed by atoms with van der Waals surface area (Å²) in [5, 5.41) is 0. The van der Waals surface area contributed by atoms with Gasteiger partial charge in [-0.05, 0) is 30.4 Å². The van der Waals surface area contributed by atoms with Crippen molar-refractivity contribution in [2.75, 3.05) is 0 Å². The van der Waals surface area contributed by atoms with Crippen molar-refractivity contribution < 1.29 is 14.4 Å². The van der Waals surface area contributed by atoms with Gasteiger partial charge in [-0.3, -0.25) is 14.4 Å². The SMILES string of the molecule is CC(C)[C@H]1CC(=O)C=C(N2C(=O)c3ccccc3C2=O)C1. The summed E-state index contributed by atoms with van der Waals surface area (Å²) < 4.78 is 0. The van der Waals surface area contributed by atoms with Crippen molar-refractivity contribution in [2.24, 2.45) is 11.8 Å². The molecule has 0 fully saturated rings. The molecule has 4 heteroatoms. The monoisotopic (exact) mass is 283 g/mol. The molecular weight excluding hydrogens is 266 g/mol. The zero-order valence-corrected chi connectivity index (χ0v) is 12.1. The Morgan fingerprint density at radius 2 is 1.57 bits per heavy atom. The largest absolute Gasteiger partial charge is 0.295 e. The van der Waals surface area contributed by atoms with Gasteiger partial charge in [0.1, 0.15) is 0 Å². The highest BCUT2D eigenvalue weighted by Gasteiger charge is 2.39. The Labute approximate surface area is 123 Å². The van der Waals surface area contributed by atoms with Crippen LogP contribution in [0.2, 0.25) is 0 Å². The first-order valence-electron chi connectivity index (χ1n) is 7.20. The van der Waals surface area contributed by atoms with Gasteiger partial charge in [-0.25, -0.2) is 4.90 Å². The zero-order valence-electron chi connectivity index (χ0n) is 12.1. The Kier molecular flexibility index (Phi) is 3.24. The van der Waals surface area contributed by atoms with Crippen LogP contribution < -0.4 is 0 Å². The molecule has 0 radical (unpaired) electrons. The van der Waals surface area contributed by atoms with Crippen LogP contribution in [-0.2, 0) is 4.79 Å². The molecule has 0 spiro atoms. The molecule has 1 aromatic carbocycles. The molecule has 0 unspecified atom stereocenters. The minimum Gasteiger partial charge on any atom is -0.295 e. The van der Waals surface area contributed by atoms with E-state index in [2.05, 4.69) is 13.8 Å². The summed E-state index contributed by atoms with van der Waals surface area (Å²) in [6.45, 7) is 4.12. The zero-order chi connectivity index (χ0) is 15.1. The number of ketones is 1. The first-order valence-corrected chi connectivity index (χ1v) is 7.20. The molecule has 0 aromatic heterocycles. The summed E-state index contributed by atoms with van der Waals surface area (Å²) in [6.07, 6.45) is 2.54. The second-order valence-corrected chi connectivity index (χ2v) is 6.01. The fourth-order valence-corrected chi connectivity index (χ4v) is 2.98. The van der Waals surface area contributed by atoms with E-state index in [0.717, 1.165) is 0 Å². The maximum atomic E-state index is 12.4. The van der Waals surface area contributed by atoms with Crippen LogP contribution in [0.1, 0.15) is 47.4 Å². The lowest BCUT2D eigenvalue weighted by atomic mass is 9.83. The number of nitrogens with zero attached hydrogens (tertiary/aromatic N) is 1. The van der Waals surface area contributed by atoms with E-state index in [4.69, 9.17) is 0 Å². The number of allylic oxidation sites excluding steroid dienone is 2. The van der Waals surface area contributed by atoms with Gasteiger partial charge in [-0.2, -0.15) is 0 Å². The highest BCUT2D eigenvalue weighted by atomic mass is 16.2. The van der Waals surface area contributed by atoms with E-state index in [9.17, 15) is 14.4 Å². The van der Waals surface area contributed by atoms with Crippen molar-refractivity contribution in [3.63, 3.8) is 0 Å². The van der Waals surface area contributed by atoms with Crippen molar-refractivity contribution >= 4 is 17.6 Å². The maximum Gasteiger partial charge on any atom is 0.265 e. The van der Waals surface area contributed by atoms with Crippen LogP contribution in [0.4, 0.5) is 0 Å². The number of amides is 2. The average Bonchev–Trinajstić information content (AvgIpc) is 2.71. The van der Waals surface area contributed by atoms with Crippen molar-refractivity contribution in [3.8, 4) is 0 Å². The molecular formula is C17H17NO3. The van der Waals surface area contributed by atoms with Gasteiger partial charge in [0.15, 0.2) is 5.78 Å². The summed E-state index contributed by atoms with van der Waals surface area (Å²) in [5.74, 6) is -0.126. The van der Waals surface area contributed by atoms with Gasteiger partial charge in [-0.15, -0.1) is 0 Å². The van der Waals surface area contributed by atoms with Gasteiger partial charge >= 0.3 is 0 Å². The van der Waals surface area contributed by atoms with E-state index in [1.54, 1.807) is 24.3 Å². The smallest absolute Gasteiger partial charge is 0.265 e. The molecule has 2 amide bonds. The number of rotatable bonds is 2. The summed E-state index contributed by atoms with van der Waals surface area (Å²) >= 11 is 0. The molecule has 108 valence electrons. The fraction of sp³-hybridized carbons (Fsp3) is 0.353. The molecule has 3 rings (SSSR count). The number of hydrogen-bond donors (Lipinski definition) is 0.